The van der Waals surface area contributed by atoms with Crippen LogP contribution in [-0.2, 0) is 16.5 Å². The number of halogens is 1. The highest BCUT2D eigenvalue weighted by Gasteiger charge is 2.17. The van der Waals surface area contributed by atoms with Crippen molar-refractivity contribution >= 4 is 33.7 Å². The van der Waals surface area contributed by atoms with Crippen molar-refractivity contribution in [3.05, 3.63) is 46.5 Å². The molecule has 1 heterocycles. The monoisotopic (exact) mass is 453 g/mol. The lowest BCUT2D eigenvalue weighted by molar-refractivity contribution is 0.354. The number of piperazine rings is 1. The minimum Gasteiger partial charge on any atom is -0.493 e. The minimum absolute atomic E-state index is 0.0150. The lowest BCUT2D eigenvalue weighted by Gasteiger charge is -2.30. The van der Waals surface area contributed by atoms with Crippen LogP contribution in [0, 0.1) is 0 Å². The van der Waals surface area contributed by atoms with E-state index >= 15 is 0 Å². The van der Waals surface area contributed by atoms with Gasteiger partial charge >= 0.3 is 0 Å². The zero-order valence-corrected chi connectivity index (χ0v) is 19.1. The number of nitrogens with zero attached hydrogens (tertiary/aromatic N) is 1. The molecule has 2 N–H and O–H groups in total. The van der Waals surface area contributed by atoms with Gasteiger partial charge in [0, 0.05) is 43.6 Å². The molecule has 1 fully saturated rings. The van der Waals surface area contributed by atoms with Crippen molar-refractivity contribution in [3.63, 3.8) is 0 Å². The first kappa shape index (κ1) is 22.5. The second-order valence-electron chi connectivity index (χ2n) is 7.17. The zero-order chi connectivity index (χ0) is 21.7. The maximum absolute atomic E-state index is 11.4. The Morgan fingerprint density at radius 1 is 1.17 bits per heavy atom. The van der Waals surface area contributed by atoms with E-state index in [1.807, 2.05) is 37.3 Å². The molecule has 30 heavy (non-hydrogen) atoms. The molecule has 0 saturated carbocycles. The average molecular weight is 454 g/mol. The van der Waals surface area contributed by atoms with Crippen LogP contribution in [0.1, 0.15) is 24.1 Å². The third kappa shape index (κ3) is 5.30. The summed E-state index contributed by atoms with van der Waals surface area (Å²) in [5.41, 5.74) is 3.51. The number of benzene rings is 2. The fourth-order valence-corrected chi connectivity index (χ4v) is 4.45. The molecule has 1 aliphatic heterocycles. The van der Waals surface area contributed by atoms with Crippen molar-refractivity contribution in [2.24, 2.45) is 0 Å². The highest BCUT2D eigenvalue weighted by Crippen LogP contribution is 2.38. The van der Waals surface area contributed by atoms with Crippen LogP contribution in [0.5, 0.6) is 11.5 Å². The number of anilines is 2. The number of ether oxygens (including phenoxy) is 2. The van der Waals surface area contributed by atoms with Crippen molar-refractivity contribution in [3.8, 4) is 11.5 Å². The van der Waals surface area contributed by atoms with E-state index < -0.39 is 10.7 Å². The van der Waals surface area contributed by atoms with Crippen molar-refractivity contribution in [1.29, 1.82) is 0 Å². The molecule has 0 bridgehead atoms. The fraction of sp³-hybridized carbons (Fsp3) is 0.429. The van der Waals surface area contributed by atoms with Gasteiger partial charge in [-0.15, -0.1) is 0 Å². The molecule has 7 nitrogen and oxygen atoms in total. The van der Waals surface area contributed by atoms with E-state index in [2.05, 4.69) is 15.5 Å². The SMILES string of the molecule is COc1cc(C(C)Nc2cc(N3CCNCC3)ccc2C[SH](=O)=O)cc(Cl)c1OC. The first-order valence-electron chi connectivity index (χ1n) is 9.81. The van der Waals surface area contributed by atoms with Gasteiger partial charge in [-0.25, -0.2) is 8.42 Å². The van der Waals surface area contributed by atoms with E-state index in [4.69, 9.17) is 21.1 Å². The van der Waals surface area contributed by atoms with E-state index in [1.165, 1.54) is 0 Å². The van der Waals surface area contributed by atoms with Gasteiger partial charge in [0.25, 0.3) is 0 Å². The van der Waals surface area contributed by atoms with Crippen molar-refractivity contribution in [1.82, 2.24) is 5.32 Å². The maximum Gasteiger partial charge on any atom is 0.179 e. The van der Waals surface area contributed by atoms with Crippen LogP contribution in [0.4, 0.5) is 11.4 Å². The molecule has 1 aliphatic rings. The second-order valence-corrected chi connectivity index (χ2v) is 8.56. The van der Waals surface area contributed by atoms with Crippen LogP contribution in [-0.4, -0.2) is 48.8 Å². The molecule has 1 atom stereocenters. The summed E-state index contributed by atoms with van der Waals surface area (Å²) in [7, 11) is 0.573. The molecule has 0 amide bonds. The summed E-state index contributed by atoms with van der Waals surface area (Å²) in [6.07, 6.45) is 0. The van der Waals surface area contributed by atoms with Crippen LogP contribution >= 0.6 is 11.6 Å². The van der Waals surface area contributed by atoms with Gasteiger partial charge in [0.05, 0.1) is 25.0 Å². The normalized spacial score (nSPS) is 15.2. The summed E-state index contributed by atoms with van der Waals surface area (Å²) in [5, 5.41) is 7.26. The van der Waals surface area contributed by atoms with E-state index in [1.54, 1.807) is 14.2 Å². The van der Waals surface area contributed by atoms with Gasteiger partial charge < -0.3 is 25.0 Å². The molecule has 0 aromatic heterocycles. The lowest BCUT2D eigenvalue weighted by atomic mass is 10.1. The predicted octanol–water partition coefficient (Wildman–Crippen LogP) is 3.05. The number of rotatable bonds is 8. The molecule has 1 unspecified atom stereocenters. The Balaban J connectivity index is 1.92. The summed E-state index contributed by atoms with van der Waals surface area (Å²) in [6.45, 7) is 5.68. The molecule has 3 rings (SSSR count). The van der Waals surface area contributed by atoms with Crippen molar-refractivity contribution in [2.75, 3.05) is 50.6 Å². The van der Waals surface area contributed by atoms with Gasteiger partial charge in [-0.1, -0.05) is 17.7 Å². The fourth-order valence-electron chi connectivity index (χ4n) is 3.60. The second kappa shape index (κ2) is 10.2. The van der Waals surface area contributed by atoms with Gasteiger partial charge in [0.2, 0.25) is 0 Å². The van der Waals surface area contributed by atoms with Crippen LogP contribution < -0.4 is 25.0 Å². The van der Waals surface area contributed by atoms with E-state index in [0.717, 1.165) is 48.7 Å². The van der Waals surface area contributed by atoms with Gasteiger partial charge in [-0.2, -0.15) is 0 Å². The van der Waals surface area contributed by atoms with Crippen LogP contribution in [0.3, 0.4) is 0 Å². The van der Waals surface area contributed by atoms with E-state index in [0.29, 0.717) is 16.5 Å². The molecule has 9 heteroatoms. The molecule has 0 radical (unpaired) electrons. The molecule has 2 aromatic rings. The number of hydrogen-bond acceptors (Lipinski definition) is 7. The van der Waals surface area contributed by atoms with Gasteiger partial charge in [0.1, 0.15) is 10.7 Å². The third-order valence-electron chi connectivity index (χ3n) is 5.20. The van der Waals surface area contributed by atoms with Gasteiger partial charge in [-0.05, 0) is 42.3 Å². The highest BCUT2D eigenvalue weighted by molar-refractivity contribution is 7.71. The summed E-state index contributed by atoms with van der Waals surface area (Å²) in [4.78, 5) is 2.29. The summed E-state index contributed by atoms with van der Waals surface area (Å²) in [5.74, 6) is 1.02. The van der Waals surface area contributed by atoms with E-state index in [9.17, 15) is 8.42 Å². The summed E-state index contributed by atoms with van der Waals surface area (Å²) >= 11 is 6.36. The Kier molecular flexibility index (Phi) is 7.69. The van der Waals surface area contributed by atoms with Crippen LogP contribution in [0.2, 0.25) is 5.02 Å². The Morgan fingerprint density at radius 3 is 2.53 bits per heavy atom. The average Bonchev–Trinajstić information content (AvgIpc) is 2.74. The first-order valence-corrected chi connectivity index (χ1v) is 11.5. The minimum atomic E-state index is -2.54. The molecule has 0 aliphatic carbocycles. The molecule has 0 spiro atoms. The number of methoxy groups -OCH3 is 2. The topological polar surface area (TPSA) is 79.9 Å². The standard InChI is InChI=1S/C21H28ClN3O4S/c1-14(16-10-18(22)21(29-3)20(11-16)28-2)24-19-12-17(25-8-6-23-7-9-25)5-4-15(19)13-30(26)27/h4-5,10-12,14,23-24,30H,6-9,13H2,1-3H3. The number of hydrogen-bond donors (Lipinski definition) is 3. The van der Waals surface area contributed by atoms with Crippen molar-refractivity contribution in [2.45, 2.75) is 18.7 Å². The third-order valence-corrected chi connectivity index (χ3v) is 6.08. The van der Waals surface area contributed by atoms with Gasteiger partial charge in [0.15, 0.2) is 11.5 Å². The smallest absolute Gasteiger partial charge is 0.179 e. The molecular weight excluding hydrogens is 426 g/mol. The summed E-state index contributed by atoms with van der Waals surface area (Å²) < 4.78 is 33.5. The predicted molar refractivity (Wildman–Crippen MR) is 122 cm³/mol. The van der Waals surface area contributed by atoms with Crippen LogP contribution in [0.25, 0.3) is 0 Å². The van der Waals surface area contributed by atoms with E-state index in [-0.39, 0.29) is 11.8 Å². The molecular formula is C21H28ClN3O4S. The Bertz CT molecular complexity index is 954. The zero-order valence-electron chi connectivity index (χ0n) is 17.4. The molecule has 1 saturated heterocycles. The Morgan fingerprint density at radius 2 is 1.90 bits per heavy atom. The highest BCUT2D eigenvalue weighted by atomic mass is 35.5. The Labute approximate surface area is 184 Å². The largest absolute Gasteiger partial charge is 0.493 e. The lowest BCUT2D eigenvalue weighted by Crippen LogP contribution is -2.43. The Hall–Kier alpha value is -2.16. The molecule has 164 valence electrons. The van der Waals surface area contributed by atoms with Crippen LogP contribution in [0.15, 0.2) is 30.3 Å². The van der Waals surface area contributed by atoms with Crippen molar-refractivity contribution < 1.29 is 17.9 Å². The quantitative estimate of drug-likeness (QED) is 0.530. The maximum atomic E-state index is 11.4. The first-order chi connectivity index (χ1) is 14.4. The number of nitrogens with one attached hydrogen (secondary N) is 2. The summed E-state index contributed by atoms with van der Waals surface area (Å²) in [6, 6.07) is 9.47. The van der Waals surface area contributed by atoms with Gasteiger partial charge in [-0.3, -0.25) is 0 Å². The molecule has 2 aromatic carbocycles. The number of thiol groups is 1.